The van der Waals surface area contributed by atoms with Gasteiger partial charge >= 0.3 is 0 Å². The smallest absolute Gasteiger partial charge is 0.253 e. The van der Waals surface area contributed by atoms with E-state index in [1.165, 1.54) is 5.56 Å². The number of hydrogen-bond acceptors (Lipinski definition) is 4. The van der Waals surface area contributed by atoms with Crippen LogP contribution in [0.1, 0.15) is 15.9 Å². The molecule has 0 unspecified atom stereocenters. The average molecular weight is 378 g/mol. The van der Waals surface area contributed by atoms with Gasteiger partial charge < -0.3 is 10.2 Å². The Balaban J connectivity index is 1.43. The van der Waals surface area contributed by atoms with E-state index in [0.29, 0.717) is 23.7 Å². The molecule has 2 amide bonds. The molecular weight excluding hydrogens is 358 g/mol. The first-order valence-corrected chi connectivity index (χ1v) is 9.49. The van der Waals surface area contributed by atoms with Crippen LogP contribution in [0.4, 0.5) is 0 Å². The molecule has 2 heterocycles. The summed E-state index contributed by atoms with van der Waals surface area (Å²) in [6, 6.07) is 8.94. The van der Waals surface area contributed by atoms with Crippen molar-refractivity contribution < 1.29 is 9.59 Å². The van der Waals surface area contributed by atoms with E-state index in [2.05, 4.69) is 27.0 Å². The van der Waals surface area contributed by atoms with Crippen molar-refractivity contribution in [1.82, 2.24) is 15.1 Å². The highest BCUT2D eigenvalue weighted by molar-refractivity contribution is 7.07. The molecule has 25 heavy (non-hydrogen) atoms. The average Bonchev–Trinajstić information content (AvgIpc) is 3.13. The Morgan fingerprint density at radius 3 is 2.56 bits per heavy atom. The molecule has 1 aromatic heterocycles. The van der Waals surface area contributed by atoms with Gasteiger partial charge in [0.15, 0.2) is 0 Å². The van der Waals surface area contributed by atoms with E-state index in [1.807, 2.05) is 0 Å². The molecule has 0 atom stereocenters. The lowest BCUT2D eigenvalue weighted by atomic mass is 10.2. The second-order valence-electron chi connectivity index (χ2n) is 5.95. The Hall–Kier alpha value is -1.89. The quantitative estimate of drug-likeness (QED) is 0.870. The number of carbonyl (C=O) groups excluding carboxylic acids is 2. The summed E-state index contributed by atoms with van der Waals surface area (Å²) in [5.41, 5.74) is 1.70. The predicted octanol–water partition coefficient (Wildman–Crippen LogP) is 2.48. The van der Waals surface area contributed by atoms with Gasteiger partial charge in [-0.05, 0) is 34.5 Å². The van der Waals surface area contributed by atoms with Crippen molar-refractivity contribution in [1.29, 1.82) is 0 Å². The fraction of sp³-hybridized carbons (Fsp3) is 0.333. The van der Waals surface area contributed by atoms with Crippen molar-refractivity contribution in [3.8, 4) is 0 Å². The number of nitrogens with zero attached hydrogens (tertiary/aromatic N) is 2. The van der Waals surface area contributed by atoms with E-state index >= 15 is 0 Å². The molecule has 1 saturated heterocycles. The van der Waals surface area contributed by atoms with Gasteiger partial charge in [-0.25, -0.2) is 0 Å². The minimum Gasteiger partial charge on any atom is -0.343 e. The highest BCUT2D eigenvalue weighted by atomic mass is 35.5. The Morgan fingerprint density at radius 2 is 1.88 bits per heavy atom. The van der Waals surface area contributed by atoms with Gasteiger partial charge in [-0.3, -0.25) is 14.5 Å². The fourth-order valence-electron chi connectivity index (χ4n) is 2.80. The summed E-state index contributed by atoms with van der Waals surface area (Å²) < 4.78 is 0. The van der Waals surface area contributed by atoms with Crippen molar-refractivity contribution in [2.45, 2.75) is 6.54 Å². The van der Waals surface area contributed by atoms with E-state index in [9.17, 15) is 9.59 Å². The molecule has 1 aromatic carbocycles. The highest BCUT2D eigenvalue weighted by Gasteiger charge is 2.21. The Labute approximate surface area is 156 Å². The lowest BCUT2D eigenvalue weighted by Crippen LogP contribution is -2.50. The van der Waals surface area contributed by atoms with Gasteiger partial charge in [0.25, 0.3) is 5.91 Å². The van der Waals surface area contributed by atoms with Crippen LogP contribution in [0.3, 0.4) is 0 Å². The molecule has 1 N–H and O–H groups in total. The predicted molar refractivity (Wildman–Crippen MR) is 100.0 cm³/mol. The Bertz CT molecular complexity index is 728. The number of carbonyl (C=O) groups is 2. The summed E-state index contributed by atoms with van der Waals surface area (Å²) in [5.74, 6) is -0.384. The molecule has 132 valence electrons. The number of nitrogens with one attached hydrogen (secondary N) is 1. The second-order valence-corrected chi connectivity index (χ2v) is 7.14. The number of thiophene rings is 1. The van der Waals surface area contributed by atoms with Gasteiger partial charge in [-0.1, -0.05) is 23.7 Å². The zero-order valence-corrected chi connectivity index (χ0v) is 15.4. The normalized spacial score (nSPS) is 15.2. The van der Waals surface area contributed by atoms with Crippen LogP contribution in [0.2, 0.25) is 5.02 Å². The fourth-order valence-corrected chi connectivity index (χ4v) is 3.69. The molecule has 5 nitrogen and oxygen atoms in total. The number of amides is 2. The van der Waals surface area contributed by atoms with Gasteiger partial charge in [-0.15, -0.1) is 0 Å². The number of benzene rings is 1. The van der Waals surface area contributed by atoms with Crippen molar-refractivity contribution in [3.63, 3.8) is 0 Å². The van der Waals surface area contributed by atoms with Gasteiger partial charge in [-0.2, -0.15) is 11.3 Å². The maximum Gasteiger partial charge on any atom is 0.253 e. The minimum atomic E-state index is -0.324. The summed E-state index contributed by atoms with van der Waals surface area (Å²) >= 11 is 7.70. The van der Waals surface area contributed by atoms with Crippen LogP contribution in [0.15, 0.2) is 41.1 Å². The van der Waals surface area contributed by atoms with Crippen molar-refractivity contribution in [2.75, 3.05) is 32.7 Å². The van der Waals surface area contributed by atoms with Crippen molar-refractivity contribution >= 4 is 34.8 Å². The zero-order chi connectivity index (χ0) is 17.6. The Morgan fingerprint density at radius 1 is 1.12 bits per heavy atom. The van der Waals surface area contributed by atoms with Crippen LogP contribution in [-0.2, 0) is 11.3 Å². The summed E-state index contributed by atoms with van der Waals surface area (Å²) in [6.07, 6.45) is 0. The van der Waals surface area contributed by atoms with Gasteiger partial charge in [0.1, 0.15) is 0 Å². The zero-order valence-electron chi connectivity index (χ0n) is 13.8. The van der Waals surface area contributed by atoms with Crippen LogP contribution >= 0.6 is 22.9 Å². The maximum atomic E-state index is 12.3. The molecule has 1 fully saturated rings. The third-order valence-electron chi connectivity index (χ3n) is 4.23. The number of halogens is 1. The third-order valence-corrected chi connectivity index (χ3v) is 5.29. The standard InChI is InChI=1S/C18H20ClN3O2S/c19-16-4-2-1-3-15(16)18(24)20-11-17(23)22-8-6-21(7-9-22)12-14-5-10-25-13-14/h1-5,10,13H,6-9,11-12H2,(H,20,24). The molecule has 2 aromatic rings. The molecule has 0 radical (unpaired) electrons. The summed E-state index contributed by atoms with van der Waals surface area (Å²) in [7, 11) is 0. The second kappa shape index (κ2) is 8.47. The maximum absolute atomic E-state index is 12.3. The molecule has 1 aliphatic rings. The van der Waals surface area contributed by atoms with Crippen LogP contribution in [-0.4, -0.2) is 54.3 Å². The molecule has 3 rings (SSSR count). The topological polar surface area (TPSA) is 52.7 Å². The van der Waals surface area contributed by atoms with Gasteiger partial charge in [0.2, 0.25) is 5.91 Å². The van der Waals surface area contributed by atoms with E-state index in [0.717, 1.165) is 19.6 Å². The summed E-state index contributed by atoms with van der Waals surface area (Å²) in [6.45, 7) is 3.99. The van der Waals surface area contributed by atoms with E-state index in [-0.39, 0.29) is 18.4 Å². The Kier molecular flexibility index (Phi) is 6.07. The SMILES string of the molecule is O=C(NCC(=O)N1CCN(Cc2ccsc2)CC1)c1ccccc1Cl. The van der Waals surface area contributed by atoms with E-state index < -0.39 is 0 Å². The number of hydrogen-bond donors (Lipinski definition) is 1. The van der Waals surface area contributed by atoms with Crippen LogP contribution < -0.4 is 5.32 Å². The molecular formula is C18H20ClN3O2S. The minimum absolute atomic E-state index is 0.00537. The van der Waals surface area contributed by atoms with Crippen LogP contribution in [0.5, 0.6) is 0 Å². The van der Waals surface area contributed by atoms with Gasteiger partial charge in [0.05, 0.1) is 17.1 Å². The summed E-state index contributed by atoms with van der Waals surface area (Å²) in [5, 5.41) is 7.28. The van der Waals surface area contributed by atoms with Crippen molar-refractivity contribution in [3.05, 3.63) is 57.2 Å². The molecule has 0 aliphatic carbocycles. The molecule has 0 bridgehead atoms. The van der Waals surface area contributed by atoms with Gasteiger partial charge in [0, 0.05) is 32.7 Å². The molecule has 7 heteroatoms. The number of rotatable bonds is 5. The first kappa shape index (κ1) is 17.9. The van der Waals surface area contributed by atoms with Crippen LogP contribution in [0.25, 0.3) is 0 Å². The third kappa shape index (κ3) is 4.81. The van der Waals surface area contributed by atoms with E-state index in [1.54, 1.807) is 40.5 Å². The lowest BCUT2D eigenvalue weighted by molar-refractivity contribution is -0.131. The lowest BCUT2D eigenvalue weighted by Gasteiger charge is -2.34. The highest BCUT2D eigenvalue weighted by Crippen LogP contribution is 2.14. The largest absolute Gasteiger partial charge is 0.343 e. The molecule has 1 aliphatic heterocycles. The monoisotopic (exact) mass is 377 g/mol. The molecule has 0 spiro atoms. The first-order chi connectivity index (χ1) is 12.1. The number of piperazine rings is 1. The molecule has 0 saturated carbocycles. The van der Waals surface area contributed by atoms with E-state index in [4.69, 9.17) is 11.6 Å². The first-order valence-electron chi connectivity index (χ1n) is 8.17. The van der Waals surface area contributed by atoms with Crippen molar-refractivity contribution in [2.24, 2.45) is 0 Å². The van der Waals surface area contributed by atoms with Crippen LogP contribution in [0, 0.1) is 0 Å². The summed E-state index contributed by atoms with van der Waals surface area (Å²) in [4.78, 5) is 28.6.